The molecule has 3 aromatic rings. The van der Waals surface area contributed by atoms with Gasteiger partial charge in [-0.25, -0.2) is 9.37 Å². The minimum absolute atomic E-state index is 0.151. The van der Waals surface area contributed by atoms with E-state index >= 15 is 0 Å². The summed E-state index contributed by atoms with van der Waals surface area (Å²) in [6, 6.07) is 8.02. The summed E-state index contributed by atoms with van der Waals surface area (Å²) in [7, 11) is 0. The Labute approximate surface area is 147 Å². The third kappa shape index (κ3) is 3.22. The van der Waals surface area contributed by atoms with Gasteiger partial charge in [-0.15, -0.1) is 11.3 Å². The molecule has 1 aliphatic rings. The molecule has 0 bridgehead atoms. The van der Waals surface area contributed by atoms with E-state index in [1.54, 1.807) is 12.1 Å². The summed E-state index contributed by atoms with van der Waals surface area (Å²) in [5.41, 5.74) is 0.404. The minimum Gasteiger partial charge on any atom is -0.387 e. The summed E-state index contributed by atoms with van der Waals surface area (Å²) in [6.45, 7) is 1.59. The van der Waals surface area contributed by atoms with Crippen molar-refractivity contribution in [3.63, 3.8) is 0 Å². The monoisotopic (exact) mass is 359 g/mol. The molecule has 130 valence electrons. The number of aromatic nitrogens is 2. The van der Waals surface area contributed by atoms with Gasteiger partial charge >= 0.3 is 0 Å². The number of hydrogen-bond donors (Lipinski definition) is 2. The predicted octanol–water partition coefficient (Wildman–Crippen LogP) is 2.38. The maximum Gasteiger partial charge on any atom is 0.271 e. The number of thiophene rings is 1. The van der Waals surface area contributed by atoms with E-state index in [0.29, 0.717) is 23.2 Å². The maximum atomic E-state index is 13.1. The van der Waals surface area contributed by atoms with Gasteiger partial charge in [0, 0.05) is 11.4 Å². The van der Waals surface area contributed by atoms with Crippen LogP contribution in [0.2, 0.25) is 0 Å². The van der Waals surface area contributed by atoms with Gasteiger partial charge in [0.15, 0.2) is 0 Å². The van der Waals surface area contributed by atoms with Crippen LogP contribution in [-0.4, -0.2) is 33.3 Å². The standard InChI is InChI=1S/C18H18FN3O2S/c19-13-4-2-12(3-5-13)15-8-14-16(25-15)17(23)22(11-21-14)10-18(24)6-1-7-20-9-18/h2-5,8,11,20,24H,1,6-7,9-10H2/t18-/m1/s1. The summed E-state index contributed by atoms with van der Waals surface area (Å²) < 4.78 is 15.1. The van der Waals surface area contributed by atoms with Crippen molar-refractivity contribution < 1.29 is 9.50 Å². The Hall–Kier alpha value is -2.09. The first-order chi connectivity index (χ1) is 12.0. The van der Waals surface area contributed by atoms with Crippen LogP contribution in [0.25, 0.3) is 20.7 Å². The Morgan fingerprint density at radius 1 is 1.36 bits per heavy atom. The summed E-state index contributed by atoms with van der Waals surface area (Å²) in [5.74, 6) is -0.292. The first kappa shape index (κ1) is 16.4. The second kappa shape index (κ2) is 6.33. The summed E-state index contributed by atoms with van der Waals surface area (Å²) in [6.07, 6.45) is 3.04. The zero-order chi connectivity index (χ0) is 17.4. The lowest BCUT2D eigenvalue weighted by Gasteiger charge is -2.32. The lowest BCUT2D eigenvalue weighted by Crippen LogP contribution is -2.49. The van der Waals surface area contributed by atoms with Crippen LogP contribution < -0.4 is 10.9 Å². The molecule has 0 spiro atoms. The van der Waals surface area contributed by atoms with E-state index in [-0.39, 0.29) is 17.9 Å². The van der Waals surface area contributed by atoms with Crippen LogP contribution in [0.4, 0.5) is 4.39 Å². The van der Waals surface area contributed by atoms with Gasteiger partial charge in [0.25, 0.3) is 5.56 Å². The van der Waals surface area contributed by atoms with Crippen LogP contribution in [-0.2, 0) is 6.54 Å². The maximum absolute atomic E-state index is 13.1. The molecule has 0 aliphatic carbocycles. The number of hydrogen-bond acceptors (Lipinski definition) is 5. The van der Waals surface area contributed by atoms with E-state index < -0.39 is 5.60 Å². The Morgan fingerprint density at radius 3 is 2.88 bits per heavy atom. The Kier molecular flexibility index (Phi) is 4.15. The molecule has 1 fully saturated rings. The molecule has 2 N–H and O–H groups in total. The molecule has 5 nitrogen and oxygen atoms in total. The van der Waals surface area contributed by atoms with Gasteiger partial charge in [-0.2, -0.15) is 0 Å². The average molecular weight is 359 g/mol. The average Bonchev–Trinajstić information content (AvgIpc) is 3.04. The van der Waals surface area contributed by atoms with Crippen LogP contribution in [0.15, 0.2) is 41.5 Å². The van der Waals surface area contributed by atoms with Crippen molar-refractivity contribution >= 4 is 21.6 Å². The van der Waals surface area contributed by atoms with Crippen LogP contribution in [0, 0.1) is 5.82 Å². The first-order valence-electron chi connectivity index (χ1n) is 8.22. The van der Waals surface area contributed by atoms with Crippen molar-refractivity contribution in [2.24, 2.45) is 0 Å². The third-order valence-electron chi connectivity index (χ3n) is 4.55. The molecule has 1 aromatic carbocycles. The van der Waals surface area contributed by atoms with E-state index in [4.69, 9.17) is 0 Å². The summed E-state index contributed by atoms with van der Waals surface area (Å²) in [5, 5.41) is 13.8. The van der Waals surface area contributed by atoms with Crippen LogP contribution in [0.5, 0.6) is 0 Å². The molecule has 1 atom stereocenters. The molecular formula is C18H18FN3O2S. The van der Waals surface area contributed by atoms with Gasteiger partial charge < -0.3 is 10.4 Å². The third-order valence-corrected chi connectivity index (χ3v) is 5.71. The zero-order valence-electron chi connectivity index (χ0n) is 13.5. The normalized spacial score (nSPS) is 20.9. The Balaban J connectivity index is 1.70. The van der Waals surface area contributed by atoms with Gasteiger partial charge in [0.05, 0.1) is 24.0 Å². The number of nitrogens with zero attached hydrogens (tertiary/aromatic N) is 2. The number of β-amino-alcohol motifs (C(OH)–C–C–N with tert-alkyl or cyclic N) is 1. The molecular weight excluding hydrogens is 341 g/mol. The predicted molar refractivity (Wildman–Crippen MR) is 96.3 cm³/mol. The van der Waals surface area contributed by atoms with Crippen molar-refractivity contribution in [3.05, 3.63) is 52.8 Å². The summed E-state index contributed by atoms with van der Waals surface area (Å²) in [4.78, 5) is 18.0. The van der Waals surface area contributed by atoms with E-state index in [0.717, 1.165) is 23.4 Å². The zero-order valence-corrected chi connectivity index (χ0v) is 14.4. The van der Waals surface area contributed by atoms with Gasteiger partial charge in [-0.3, -0.25) is 9.36 Å². The minimum atomic E-state index is -0.922. The number of benzene rings is 1. The fourth-order valence-corrected chi connectivity index (χ4v) is 4.28. The Bertz CT molecular complexity index is 959. The van der Waals surface area contributed by atoms with Gasteiger partial charge in [0.2, 0.25) is 0 Å². The SMILES string of the molecule is O=c1c2sc(-c3ccc(F)cc3)cc2ncn1C[C@@]1(O)CCCNC1. The highest BCUT2D eigenvalue weighted by Gasteiger charge is 2.30. The molecule has 0 saturated carbocycles. The van der Waals surface area contributed by atoms with E-state index in [1.165, 1.54) is 34.4 Å². The molecule has 4 rings (SSSR count). The molecule has 1 aliphatic heterocycles. The lowest BCUT2D eigenvalue weighted by molar-refractivity contribution is -0.000236. The number of fused-ring (bicyclic) bond motifs is 1. The fourth-order valence-electron chi connectivity index (χ4n) is 3.22. The van der Waals surface area contributed by atoms with Gasteiger partial charge in [0.1, 0.15) is 10.5 Å². The molecule has 1 saturated heterocycles. The highest BCUT2D eigenvalue weighted by Crippen LogP contribution is 2.31. The smallest absolute Gasteiger partial charge is 0.271 e. The van der Waals surface area contributed by atoms with Crippen molar-refractivity contribution in [2.75, 3.05) is 13.1 Å². The van der Waals surface area contributed by atoms with Crippen molar-refractivity contribution in [1.29, 1.82) is 0 Å². The van der Waals surface area contributed by atoms with Crippen molar-refractivity contribution in [2.45, 2.75) is 25.0 Å². The van der Waals surface area contributed by atoms with Gasteiger partial charge in [-0.05, 0) is 43.1 Å². The quantitative estimate of drug-likeness (QED) is 0.754. The van der Waals surface area contributed by atoms with E-state index in [1.807, 2.05) is 6.07 Å². The van der Waals surface area contributed by atoms with Crippen molar-refractivity contribution in [3.8, 4) is 10.4 Å². The summed E-state index contributed by atoms with van der Waals surface area (Å²) >= 11 is 1.34. The molecule has 7 heteroatoms. The molecule has 0 radical (unpaired) electrons. The highest BCUT2D eigenvalue weighted by atomic mass is 32.1. The van der Waals surface area contributed by atoms with Crippen molar-refractivity contribution in [1.82, 2.24) is 14.9 Å². The molecule has 25 heavy (non-hydrogen) atoms. The van der Waals surface area contributed by atoms with Gasteiger partial charge in [-0.1, -0.05) is 12.1 Å². The topological polar surface area (TPSA) is 67.2 Å². The number of aliphatic hydroxyl groups is 1. The first-order valence-corrected chi connectivity index (χ1v) is 9.04. The highest BCUT2D eigenvalue weighted by molar-refractivity contribution is 7.22. The molecule has 3 heterocycles. The Morgan fingerprint density at radius 2 is 2.16 bits per heavy atom. The number of rotatable bonds is 3. The number of halogens is 1. The number of piperidine rings is 1. The number of nitrogens with one attached hydrogen (secondary N) is 1. The molecule has 2 aromatic heterocycles. The van der Waals surface area contributed by atoms with E-state index in [2.05, 4.69) is 10.3 Å². The lowest BCUT2D eigenvalue weighted by atomic mass is 9.94. The second-order valence-corrected chi connectivity index (χ2v) is 7.57. The van der Waals surface area contributed by atoms with Crippen LogP contribution >= 0.6 is 11.3 Å². The molecule has 0 amide bonds. The largest absolute Gasteiger partial charge is 0.387 e. The van der Waals surface area contributed by atoms with E-state index in [9.17, 15) is 14.3 Å². The van der Waals surface area contributed by atoms with Crippen LogP contribution in [0.1, 0.15) is 12.8 Å². The molecule has 0 unspecified atom stereocenters. The van der Waals surface area contributed by atoms with Crippen LogP contribution in [0.3, 0.4) is 0 Å². The second-order valence-electron chi connectivity index (χ2n) is 6.51. The fraction of sp³-hybridized carbons (Fsp3) is 0.333.